The first kappa shape index (κ1) is 11.2. The summed E-state index contributed by atoms with van der Waals surface area (Å²) >= 11 is 1.30. The zero-order chi connectivity index (χ0) is 11.8. The monoisotopic (exact) mass is 240 g/mol. The zero-order valence-corrected chi connectivity index (χ0v) is 10.3. The van der Waals surface area contributed by atoms with Gasteiger partial charge in [-0.1, -0.05) is 11.3 Å². The van der Waals surface area contributed by atoms with Crippen molar-refractivity contribution in [2.45, 2.75) is 32.2 Å². The second kappa shape index (κ2) is 3.93. The van der Waals surface area contributed by atoms with Crippen LogP contribution in [0.1, 0.15) is 36.4 Å². The molecule has 1 saturated carbocycles. The normalized spacial score (nSPS) is 16.9. The van der Waals surface area contributed by atoms with Crippen molar-refractivity contribution >= 4 is 28.2 Å². The molecular weight excluding hydrogens is 224 g/mol. The maximum Gasteiger partial charge on any atom is 0.265 e. The van der Waals surface area contributed by atoms with E-state index in [9.17, 15) is 4.79 Å². The van der Waals surface area contributed by atoms with Gasteiger partial charge in [-0.2, -0.15) is 0 Å². The lowest BCUT2D eigenvalue weighted by Crippen LogP contribution is -2.34. The third kappa shape index (κ3) is 2.27. The first-order valence-electron chi connectivity index (χ1n) is 5.37. The smallest absolute Gasteiger partial charge is 0.265 e. The molecular formula is C10H16N4OS. The number of aromatic nitrogens is 1. The van der Waals surface area contributed by atoms with Crippen molar-refractivity contribution < 1.29 is 4.79 Å². The lowest BCUT2D eigenvalue weighted by atomic mass is 10.3. The summed E-state index contributed by atoms with van der Waals surface area (Å²) in [5.74, 6) is 0.196. The fourth-order valence-corrected chi connectivity index (χ4v) is 2.21. The molecule has 88 valence electrons. The number of nitrogens with one attached hydrogen (secondary N) is 2. The summed E-state index contributed by atoms with van der Waals surface area (Å²) in [6.07, 6.45) is 2.08. The molecule has 1 aliphatic carbocycles. The van der Waals surface area contributed by atoms with E-state index < -0.39 is 0 Å². The van der Waals surface area contributed by atoms with Gasteiger partial charge in [-0.3, -0.25) is 4.79 Å². The van der Waals surface area contributed by atoms with Crippen molar-refractivity contribution in [3.05, 3.63) is 4.88 Å². The van der Waals surface area contributed by atoms with Gasteiger partial charge in [-0.15, -0.1) is 0 Å². The molecule has 1 aromatic rings. The highest BCUT2D eigenvalue weighted by Crippen LogP contribution is 2.35. The summed E-state index contributed by atoms with van der Waals surface area (Å²) in [7, 11) is 0. The molecule has 1 fully saturated rings. The lowest BCUT2D eigenvalue weighted by molar-refractivity contribution is 0.0940. The second-order valence-electron chi connectivity index (χ2n) is 4.28. The third-order valence-electron chi connectivity index (χ3n) is 2.60. The van der Waals surface area contributed by atoms with E-state index in [1.165, 1.54) is 11.3 Å². The molecule has 0 aromatic carbocycles. The Labute approximate surface area is 98.4 Å². The number of hydrogen-bond donors (Lipinski definition) is 3. The second-order valence-corrected chi connectivity index (χ2v) is 5.28. The Morgan fingerprint density at radius 2 is 2.31 bits per heavy atom. The summed E-state index contributed by atoms with van der Waals surface area (Å²) in [5.41, 5.74) is 5.69. The molecule has 0 unspecified atom stereocenters. The number of anilines is 2. The van der Waals surface area contributed by atoms with E-state index in [2.05, 4.69) is 15.6 Å². The molecule has 1 aliphatic rings. The maximum absolute atomic E-state index is 11.9. The van der Waals surface area contributed by atoms with Crippen LogP contribution in [-0.4, -0.2) is 23.0 Å². The molecule has 1 aromatic heterocycles. The first-order chi connectivity index (χ1) is 7.54. The fraction of sp³-hybridized carbons (Fsp3) is 0.600. The van der Waals surface area contributed by atoms with Gasteiger partial charge in [0, 0.05) is 12.1 Å². The van der Waals surface area contributed by atoms with Crippen LogP contribution in [0.4, 0.5) is 10.9 Å². The van der Waals surface area contributed by atoms with Crippen LogP contribution < -0.4 is 16.4 Å². The van der Waals surface area contributed by atoms with E-state index in [0.29, 0.717) is 15.8 Å². The Morgan fingerprint density at radius 1 is 1.62 bits per heavy atom. The Balaban J connectivity index is 2.09. The van der Waals surface area contributed by atoms with Crippen LogP contribution in [0.5, 0.6) is 0 Å². The van der Waals surface area contributed by atoms with Gasteiger partial charge in [0.15, 0.2) is 5.13 Å². The van der Waals surface area contributed by atoms with Crippen molar-refractivity contribution in [1.29, 1.82) is 0 Å². The predicted octanol–water partition coefficient (Wildman–Crippen LogP) is 1.44. The van der Waals surface area contributed by atoms with E-state index >= 15 is 0 Å². The molecule has 6 heteroatoms. The molecule has 0 aliphatic heterocycles. The standard InChI is InChI=1S/C10H16N4OS/c1-3-12-9-13-7(11)6(16-9)8(15)14-10(2)4-5-10/h3-5,11H2,1-2H3,(H,12,13)(H,14,15). The summed E-state index contributed by atoms with van der Waals surface area (Å²) in [5, 5.41) is 6.72. The van der Waals surface area contributed by atoms with Gasteiger partial charge >= 0.3 is 0 Å². The number of nitrogens with two attached hydrogens (primary N) is 1. The fourth-order valence-electron chi connectivity index (χ4n) is 1.36. The SMILES string of the molecule is CCNc1nc(N)c(C(=O)NC2(C)CC2)s1. The highest BCUT2D eigenvalue weighted by molar-refractivity contribution is 7.18. The number of hydrogen-bond acceptors (Lipinski definition) is 5. The van der Waals surface area contributed by atoms with Gasteiger partial charge < -0.3 is 16.4 Å². The summed E-state index contributed by atoms with van der Waals surface area (Å²) in [6, 6.07) is 0. The lowest BCUT2D eigenvalue weighted by Gasteiger charge is -2.09. The molecule has 1 heterocycles. The van der Waals surface area contributed by atoms with Crippen LogP contribution in [-0.2, 0) is 0 Å². The number of carbonyl (C=O) groups is 1. The van der Waals surface area contributed by atoms with E-state index in [1.54, 1.807) is 0 Å². The quantitative estimate of drug-likeness (QED) is 0.744. The van der Waals surface area contributed by atoms with Gasteiger partial charge in [0.25, 0.3) is 5.91 Å². The number of amides is 1. The topological polar surface area (TPSA) is 80.0 Å². The van der Waals surface area contributed by atoms with Gasteiger partial charge in [0.05, 0.1) is 0 Å². The Bertz CT molecular complexity index is 411. The van der Waals surface area contributed by atoms with Crippen molar-refractivity contribution in [1.82, 2.24) is 10.3 Å². The molecule has 2 rings (SSSR count). The molecule has 1 amide bonds. The first-order valence-corrected chi connectivity index (χ1v) is 6.18. The molecule has 0 radical (unpaired) electrons. The summed E-state index contributed by atoms with van der Waals surface area (Å²) < 4.78 is 0. The van der Waals surface area contributed by atoms with Crippen LogP contribution in [0.25, 0.3) is 0 Å². The Hall–Kier alpha value is -1.30. The number of nitrogens with zero attached hydrogens (tertiary/aromatic N) is 1. The average molecular weight is 240 g/mol. The molecule has 0 saturated heterocycles. The highest BCUT2D eigenvalue weighted by Gasteiger charge is 2.39. The van der Waals surface area contributed by atoms with Crippen LogP contribution >= 0.6 is 11.3 Å². The Morgan fingerprint density at radius 3 is 2.88 bits per heavy atom. The van der Waals surface area contributed by atoms with Gasteiger partial charge in [0.2, 0.25) is 0 Å². The van der Waals surface area contributed by atoms with Crippen molar-refractivity contribution in [2.75, 3.05) is 17.6 Å². The van der Waals surface area contributed by atoms with E-state index in [0.717, 1.165) is 19.4 Å². The van der Waals surface area contributed by atoms with Crippen LogP contribution in [0.15, 0.2) is 0 Å². The third-order valence-corrected chi connectivity index (χ3v) is 3.63. The number of thiazole rings is 1. The highest BCUT2D eigenvalue weighted by atomic mass is 32.1. The van der Waals surface area contributed by atoms with E-state index in [4.69, 9.17) is 5.73 Å². The molecule has 0 bridgehead atoms. The van der Waals surface area contributed by atoms with Crippen LogP contribution in [0.2, 0.25) is 0 Å². The molecule has 16 heavy (non-hydrogen) atoms. The minimum absolute atomic E-state index is 0.0220. The average Bonchev–Trinajstić information content (AvgIpc) is 2.79. The maximum atomic E-state index is 11.9. The van der Waals surface area contributed by atoms with Gasteiger partial charge in [-0.05, 0) is 26.7 Å². The van der Waals surface area contributed by atoms with E-state index in [1.807, 2.05) is 13.8 Å². The molecule has 0 atom stereocenters. The zero-order valence-electron chi connectivity index (χ0n) is 9.46. The van der Waals surface area contributed by atoms with Crippen molar-refractivity contribution in [3.63, 3.8) is 0 Å². The Kier molecular flexibility index (Phi) is 2.75. The predicted molar refractivity (Wildman–Crippen MR) is 65.8 cm³/mol. The van der Waals surface area contributed by atoms with Crippen molar-refractivity contribution in [2.24, 2.45) is 0 Å². The number of nitrogen functional groups attached to an aromatic ring is 1. The largest absolute Gasteiger partial charge is 0.382 e. The van der Waals surface area contributed by atoms with Crippen LogP contribution in [0.3, 0.4) is 0 Å². The number of rotatable bonds is 4. The van der Waals surface area contributed by atoms with Crippen molar-refractivity contribution in [3.8, 4) is 0 Å². The summed E-state index contributed by atoms with van der Waals surface area (Å²) in [4.78, 5) is 16.5. The molecule has 5 nitrogen and oxygen atoms in total. The minimum atomic E-state index is -0.112. The van der Waals surface area contributed by atoms with E-state index in [-0.39, 0.29) is 11.4 Å². The minimum Gasteiger partial charge on any atom is -0.382 e. The molecule has 4 N–H and O–H groups in total. The van der Waals surface area contributed by atoms with Crippen LogP contribution in [0, 0.1) is 0 Å². The van der Waals surface area contributed by atoms with Gasteiger partial charge in [-0.25, -0.2) is 4.98 Å². The van der Waals surface area contributed by atoms with Gasteiger partial charge in [0.1, 0.15) is 10.7 Å². The number of carbonyl (C=O) groups excluding carboxylic acids is 1. The summed E-state index contributed by atoms with van der Waals surface area (Å²) in [6.45, 7) is 4.78. The molecule has 0 spiro atoms.